The minimum atomic E-state index is -0.0270. The van der Waals surface area contributed by atoms with Crippen LogP contribution in [0.3, 0.4) is 0 Å². The van der Waals surface area contributed by atoms with Gasteiger partial charge in [0.25, 0.3) is 0 Å². The molecule has 1 fully saturated rings. The average Bonchev–Trinajstić information content (AvgIpc) is 3.30. The third-order valence-electron chi connectivity index (χ3n) is 4.71. The molecule has 1 saturated heterocycles. The number of aromatic nitrogens is 2. The number of carbonyl (C=O) groups is 1. The zero-order valence-electron chi connectivity index (χ0n) is 14.3. The summed E-state index contributed by atoms with van der Waals surface area (Å²) in [7, 11) is 0. The van der Waals surface area contributed by atoms with E-state index in [2.05, 4.69) is 22.1 Å². The molecule has 0 saturated carbocycles. The van der Waals surface area contributed by atoms with Crippen LogP contribution >= 0.6 is 11.3 Å². The highest BCUT2D eigenvalue weighted by atomic mass is 32.1. The fourth-order valence-electron chi connectivity index (χ4n) is 3.35. The summed E-state index contributed by atoms with van der Waals surface area (Å²) in [5.74, 6) is 0.274. The van der Waals surface area contributed by atoms with Gasteiger partial charge in [0.2, 0.25) is 5.91 Å². The number of nitrogens with two attached hydrogens (primary N) is 1. The van der Waals surface area contributed by atoms with Crippen molar-refractivity contribution in [2.75, 3.05) is 13.1 Å². The number of pyridine rings is 1. The number of benzene rings is 1. The molecule has 0 spiro atoms. The van der Waals surface area contributed by atoms with Crippen LogP contribution in [-0.2, 0) is 11.2 Å². The van der Waals surface area contributed by atoms with Crippen molar-refractivity contribution in [1.82, 2.24) is 14.9 Å². The lowest BCUT2D eigenvalue weighted by Gasteiger charge is -2.16. The number of hydrogen-bond acceptors (Lipinski definition) is 5. The summed E-state index contributed by atoms with van der Waals surface area (Å²) in [5.41, 5.74) is 9.12. The molecule has 1 aliphatic rings. The van der Waals surface area contributed by atoms with Gasteiger partial charge in [0.05, 0.1) is 17.8 Å². The van der Waals surface area contributed by atoms with Crippen LogP contribution in [0.5, 0.6) is 0 Å². The van der Waals surface area contributed by atoms with Crippen molar-refractivity contribution in [3.05, 3.63) is 71.4 Å². The predicted octanol–water partition coefficient (Wildman–Crippen LogP) is 2.70. The first-order valence-corrected chi connectivity index (χ1v) is 9.53. The van der Waals surface area contributed by atoms with Gasteiger partial charge in [0, 0.05) is 36.6 Å². The largest absolute Gasteiger partial charge is 0.340 e. The van der Waals surface area contributed by atoms with Crippen LogP contribution < -0.4 is 5.73 Å². The Kier molecular flexibility index (Phi) is 4.77. The molecule has 6 heteroatoms. The molecule has 4 rings (SSSR count). The second-order valence-corrected chi connectivity index (χ2v) is 7.37. The number of thiazole rings is 1. The van der Waals surface area contributed by atoms with Crippen LogP contribution in [0.1, 0.15) is 17.2 Å². The normalized spacial score (nSPS) is 19.7. The van der Waals surface area contributed by atoms with Gasteiger partial charge in [-0.1, -0.05) is 36.4 Å². The first-order valence-electron chi connectivity index (χ1n) is 8.65. The summed E-state index contributed by atoms with van der Waals surface area (Å²) in [6.45, 7) is 1.26. The molecule has 3 heterocycles. The van der Waals surface area contributed by atoms with Crippen molar-refractivity contribution in [3.63, 3.8) is 0 Å². The Hall–Kier alpha value is -2.57. The van der Waals surface area contributed by atoms with E-state index in [1.807, 2.05) is 46.7 Å². The molecule has 1 amide bonds. The topological polar surface area (TPSA) is 72.1 Å². The minimum Gasteiger partial charge on any atom is -0.340 e. The van der Waals surface area contributed by atoms with Crippen LogP contribution in [0, 0.1) is 0 Å². The van der Waals surface area contributed by atoms with Gasteiger partial charge in [-0.05, 0) is 17.7 Å². The highest BCUT2D eigenvalue weighted by Gasteiger charge is 2.33. The molecule has 2 N–H and O–H groups in total. The monoisotopic (exact) mass is 364 g/mol. The van der Waals surface area contributed by atoms with Gasteiger partial charge in [0.15, 0.2) is 0 Å². The molecule has 5 nitrogen and oxygen atoms in total. The van der Waals surface area contributed by atoms with Gasteiger partial charge < -0.3 is 10.6 Å². The van der Waals surface area contributed by atoms with Crippen molar-refractivity contribution < 1.29 is 4.79 Å². The van der Waals surface area contributed by atoms with Crippen molar-refractivity contribution in [1.29, 1.82) is 0 Å². The van der Waals surface area contributed by atoms with Gasteiger partial charge in [0.1, 0.15) is 5.01 Å². The second-order valence-electron chi connectivity index (χ2n) is 6.52. The molecule has 132 valence electrons. The lowest BCUT2D eigenvalue weighted by Crippen LogP contribution is -2.33. The van der Waals surface area contributed by atoms with E-state index in [9.17, 15) is 4.79 Å². The maximum atomic E-state index is 12.7. The number of amides is 1. The number of carbonyl (C=O) groups excluding carboxylic acids is 1. The van der Waals surface area contributed by atoms with E-state index in [0.717, 1.165) is 16.4 Å². The van der Waals surface area contributed by atoms with Gasteiger partial charge in [-0.15, -0.1) is 11.3 Å². The van der Waals surface area contributed by atoms with Gasteiger partial charge in [-0.25, -0.2) is 4.98 Å². The Morgan fingerprint density at radius 2 is 1.96 bits per heavy atom. The summed E-state index contributed by atoms with van der Waals surface area (Å²) in [5, 5.41) is 2.78. The summed E-state index contributed by atoms with van der Waals surface area (Å²) < 4.78 is 0. The number of rotatable bonds is 4. The Labute approximate surface area is 156 Å². The molecule has 0 bridgehead atoms. The van der Waals surface area contributed by atoms with Crippen LogP contribution in [0.4, 0.5) is 0 Å². The maximum Gasteiger partial charge on any atom is 0.228 e. The fourth-order valence-corrected chi connectivity index (χ4v) is 4.14. The van der Waals surface area contributed by atoms with Crippen LogP contribution in [0.15, 0.2) is 60.1 Å². The lowest BCUT2D eigenvalue weighted by atomic mass is 9.95. The Morgan fingerprint density at radius 3 is 2.73 bits per heavy atom. The van der Waals surface area contributed by atoms with Crippen molar-refractivity contribution in [3.8, 4) is 10.7 Å². The molecular formula is C20H20N4OS. The Balaban J connectivity index is 1.42. The zero-order chi connectivity index (χ0) is 17.9. The summed E-state index contributed by atoms with van der Waals surface area (Å²) in [6.07, 6.45) is 2.05. The van der Waals surface area contributed by atoms with E-state index in [4.69, 9.17) is 5.73 Å². The Bertz CT molecular complexity index is 881. The molecule has 0 aliphatic carbocycles. The molecule has 0 radical (unpaired) electrons. The van der Waals surface area contributed by atoms with Crippen molar-refractivity contribution in [2.45, 2.75) is 18.4 Å². The van der Waals surface area contributed by atoms with Crippen LogP contribution in [-0.4, -0.2) is 39.9 Å². The molecule has 0 unspecified atom stereocenters. The lowest BCUT2D eigenvalue weighted by molar-refractivity contribution is -0.129. The van der Waals surface area contributed by atoms with E-state index < -0.39 is 0 Å². The van der Waals surface area contributed by atoms with E-state index in [-0.39, 0.29) is 17.9 Å². The number of hydrogen-bond donors (Lipinski definition) is 1. The van der Waals surface area contributed by atoms with Crippen molar-refractivity contribution >= 4 is 17.2 Å². The highest BCUT2D eigenvalue weighted by Crippen LogP contribution is 2.27. The van der Waals surface area contributed by atoms with E-state index in [0.29, 0.717) is 19.5 Å². The van der Waals surface area contributed by atoms with Crippen LogP contribution in [0.25, 0.3) is 10.7 Å². The van der Waals surface area contributed by atoms with E-state index >= 15 is 0 Å². The minimum absolute atomic E-state index is 0.0270. The molecule has 26 heavy (non-hydrogen) atoms. The third kappa shape index (κ3) is 3.52. The molecule has 1 aliphatic heterocycles. The SMILES string of the molecule is N[C@@H]1CN(C(=O)Cc2csc(-c3ccccn3)n2)C[C@H]1c1ccccc1. The van der Waals surface area contributed by atoms with Gasteiger partial charge in [-0.2, -0.15) is 0 Å². The zero-order valence-corrected chi connectivity index (χ0v) is 15.1. The molecular weight excluding hydrogens is 344 g/mol. The Morgan fingerprint density at radius 1 is 1.15 bits per heavy atom. The first kappa shape index (κ1) is 16.9. The predicted molar refractivity (Wildman–Crippen MR) is 103 cm³/mol. The smallest absolute Gasteiger partial charge is 0.228 e. The quantitative estimate of drug-likeness (QED) is 0.773. The first-order chi connectivity index (χ1) is 12.7. The summed E-state index contributed by atoms with van der Waals surface area (Å²) >= 11 is 1.52. The van der Waals surface area contributed by atoms with Crippen molar-refractivity contribution in [2.24, 2.45) is 5.73 Å². The van der Waals surface area contributed by atoms with E-state index in [1.165, 1.54) is 16.9 Å². The van der Waals surface area contributed by atoms with Gasteiger partial charge in [-0.3, -0.25) is 9.78 Å². The number of likely N-dealkylation sites (tertiary alicyclic amines) is 1. The number of nitrogens with zero attached hydrogens (tertiary/aromatic N) is 3. The van der Waals surface area contributed by atoms with Crippen LogP contribution in [0.2, 0.25) is 0 Å². The molecule has 2 atom stereocenters. The van der Waals surface area contributed by atoms with E-state index in [1.54, 1.807) is 6.20 Å². The molecule has 2 aromatic heterocycles. The maximum absolute atomic E-state index is 12.7. The standard InChI is InChI=1S/C20H20N4OS/c21-17-12-24(11-16(17)14-6-2-1-3-7-14)19(25)10-15-13-26-20(23-15)18-8-4-5-9-22-18/h1-9,13,16-17H,10-12,21H2/t16-,17+/m0/s1. The fraction of sp³-hybridized carbons (Fsp3) is 0.250. The average molecular weight is 364 g/mol. The summed E-state index contributed by atoms with van der Waals surface area (Å²) in [4.78, 5) is 23.4. The molecule has 1 aromatic carbocycles. The highest BCUT2D eigenvalue weighted by molar-refractivity contribution is 7.13. The second kappa shape index (κ2) is 7.35. The van der Waals surface area contributed by atoms with Gasteiger partial charge >= 0.3 is 0 Å². The summed E-state index contributed by atoms with van der Waals surface area (Å²) in [6, 6.07) is 15.9. The third-order valence-corrected chi connectivity index (χ3v) is 5.63. The molecule has 3 aromatic rings.